The van der Waals surface area contributed by atoms with Crippen LogP contribution < -0.4 is 10.6 Å². The maximum absolute atomic E-state index is 12.1. The summed E-state index contributed by atoms with van der Waals surface area (Å²) in [6, 6.07) is 10.1. The van der Waals surface area contributed by atoms with Gasteiger partial charge in [0.1, 0.15) is 0 Å². The quantitative estimate of drug-likeness (QED) is 0.883. The van der Waals surface area contributed by atoms with Gasteiger partial charge in [0.05, 0.1) is 0 Å². The third kappa shape index (κ3) is 3.40. The number of carbonyl (C=O) groups is 1. The molecular formula is C17H24N2O. The van der Waals surface area contributed by atoms with Crippen molar-refractivity contribution in [2.24, 2.45) is 0 Å². The Kier molecular flexibility index (Phi) is 4.06. The SMILES string of the molecule is Cc1cccc(CCC(=O)NC2CC3CCC(C2)N3)c1. The molecule has 3 rings (SSSR count). The van der Waals surface area contributed by atoms with Crippen LogP contribution in [0.15, 0.2) is 24.3 Å². The van der Waals surface area contributed by atoms with Crippen molar-refractivity contribution in [2.45, 2.75) is 63.6 Å². The summed E-state index contributed by atoms with van der Waals surface area (Å²) in [7, 11) is 0. The third-order valence-corrected chi connectivity index (χ3v) is 4.56. The molecule has 0 spiro atoms. The molecule has 2 aliphatic rings. The standard InChI is InChI=1S/C17H24N2O/c1-12-3-2-4-13(9-12)5-8-17(20)19-16-10-14-6-7-15(11-16)18-14/h2-4,9,14-16,18H,5-8,10-11H2,1H3,(H,19,20). The number of hydrogen-bond acceptors (Lipinski definition) is 2. The molecule has 0 aliphatic carbocycles. The van der Waals surface area contributed by atoms with Gasteiger partial charge in [-0.3, -0.25) is 4.79 Å². The monoisotopic (exact) mass is 272 g/mol. The zero-order valence-electron chi connectivity index (χ0n) is 12.2. The smallest absolute Gasteiger partial charge is 0.220 e. The van der Waals surface area contributed by atoms with Crippen molar-refractivity contribution in [3.63, 3.8) is 0 Å². The fourth-order valence-corrected chi connectivity index (χ4v) is 3.60. The lowest BCUT2D eigenvalue weighted by atomic mass is 9.99. The molecule has 0 radical (unpaired) electrons. The molecule has 3 heteroatoms. The summed E-state index contributed by atoms with van der Waals surface area (Å²) in [5.74, 6) is 0.206. The van der Waals surface area contributed by atoms with Crippen LogP contribution in [0.1, 0.15) is 43.2 Å². The van der Waals surface area contributed by atoms with E-state index >= 15 is 0 Å². The fourth-order valence-electron chi connectivity index (χ4n) is 3.60. The highest BCUT2D eigenvalue weighted by atomic mass is 16.1. The summed E-state index contributed by atoms with van der Waals surface area (Å²) in [4.78, 5) is 12.1. The minimum absolute atomic E-state index is 0.206. The van der Waals surface area contributed by atoms with Gasteiger partial charge in [0.2, 0.25) is 5.91 Å². The predicted molar refractivity (Wildman–Crippen MR) is 80.6 cm³/mol. The fraction of sp³-hybridized carbons (Fsp3) is 0.588. The minimum Gasteiger partial charge on any atom is -0.353 e. The number of carbonyl (C=O) groups excluding carboxylic acids is 1. The van der Waals surface area contributed by atoms with Gasteiger partial charge >= 0.3 is 0 Å². The normalized spacial score (nSPS) is 28.4. The third-order valence-electron chi connectivity index (χ3n) is 4.56. The summed E-state index contributed by atoms with van der Waals surface area (Å²) in [5, 5.41) is 6.83. The number of amides is 1. The average Bonchev–Trinajstić information content (AvgIpc) is 2.76. The molecule has 2 aliphatic heterocycles. The second-order valence-electron chi connectivity index (χ2n) is 6.36. The Morgan fingerprint density at radius 3 is 2.75 bits per heavy atom. The van der Waals surface area contributed by atoms with Gasteiger partial charge in [-0.05, 0) is 44.6 Å². The molecule has 2 bridgehead atoms. The maximum Gasteiger partial charge on any atom is 0.220 e. The van der Waals surface area contributed by atoms with E-state index in [1.165, 1.54) is 24.0 Å². The van der Waals surface area contributed by atoms with E-state index in [9.17, 15) is 4.79 Å². The Morgan fingerprint density at radius 1 is 1.30 bits per heavy atom. The Balaban J connectivity index is 1.45. The molecule has 20 heavy (non-hydrogen) atoms. The van der Waals surface area contributed by atoms with E-state index in [1.807, 2.05) is 0 Å². The number of hydrogen-bond donors (Lipinski definition) is 2. The molecule has 2 fully saturated rings. The second-order valence-corrected chi connectivity index (χ2v) is 6.36. The average molecular weight is 272 g/mol. The van der Waals surface area contributed by atoms with Gasteiger partial charge in [0, 0.05) is 24.5 Å². The molecule has 3 nitrogen and oxygen atoms in total. The molecule has 108 valence electrons. The molecule has 0 aromatic heterocycles. The summed E-state index contributed by atoms with van der Waals surface area (Å²) in [5.41, 5.74) is 2.52. The molecule has 1 aromatic rings. The second kappa shape index (κ2) is 5.96. The first kappa shape index (κ1) is 13.6. The van der Waals surface area contributed by atoms with Crippen molar-refractivity contribution in [2.75, 3.05) is 0 Å². The molecule has 2 saturated heterocycles. The lowest BCUT2D eigenvalue weighted by Crippen LogP contribution is -2.48. The van der Waals surface area contributed by atoms with Crippen LogP contribution in [0.3, 0.4) is 0 Å². The maximum atomic E-state index is 12.1. The zero-order chi connectivity index (χ0) is 13.9. The highest BCUT2D eigenvalue weighted by Crippen LogP contribution is 2.26. The van der Waals surface area contributed by atoms with Crippen LogP contribution in [0.2, 0.25) is 0 Å². The Labute approximate surface area is 121 Å². The van der Waals surface area contributed by atoms with E-state index in [0.29, 0.717) is 24.5 Å². The molecule has 1 amide bonds. The highest BCUT2D eigenvalue weighted by molar-refractivity contribution is 5.76. The molecule has 2 N–H and O–H groups in total. The molecule has 0 saturated carbocycles. The van der Waals surface area contributed by atoms with E-state index < -0.39 is 0 Å². The van der Waals surface area contributed by atoms with E-state index in [-0.39, 0.29) is 5.91 Å². The van der Waals surface area contributed by atoms with Crippen molar-refractivity contribution >= 4 is 5.91 Å². The van der Waals surface area contributed by atoms with Crippen LogP contribution in [0, 0.1) is 6.92 Å². The number of piperidine rings is 1. The van der Waals surface area contributed by atoms with Crippen LogP contribution >= 0.6 is 0 Å². The summed E-state index contributed by atoms with van der Waals surface area (Å²) in [6.07, 6.45) is 6.20. The number of aryl methyl sites for hydroxylation is 2. The minimum atomic E-state index is 0.206. The van der Waals surface area contributed by atoms with Crippen LogP contribution in [0.25, 0.3) is 0 Å². The predicted octanol–water partition coefficient (Wildman–Crippen LogP) is 2.33. The van der Waals surface area contributed by atoms with Crippen LogP contribution in [0.4, 0.5) is 0 Å². The molecule has 2 heterocycles. The number of rotatable bonds is 4. The van der Waals surface area contributed by atoms with Gasteiger partial charge in [-0.15, -0.1) is 0 Å². The highest BCUT2D eigenvalue weighted by Gasteiger charge is 2.33. The molecular weight excluding hydrogens is 248 g/mol. The number of nitrogens with one attached hydrogen (secondary N) is 2. The number of fused-ring (bicyclic) bond motifs is 2. The van der Waals surface area contributed by atoms with Gasteiger partial charge in [-0.1, -0.05) is 29.8 Å². The van der Waals surface area contributed by atoms with Crippen molar-refractivity contribution in [1.82, 2.24) is 10.6 Å². The van der Waals surface area contributed by atoms with E-state index in [2.05, 4.69) is 41.8 Å². The van der Waals surface area contributed by atoms with Crippen LogP contribution in [-0.4, -0.2) is 24.0 Å². The van der Waals surface area contributed by atoms with Gasteiger partial charge in [0.15, 0.2) is 0 Å². The van der Waals surface area contributed by atoms with Crippen molar-refractivity contribution in [3.8, 4) is 0 Å². The first-order chi connectivity index (χ1) is 9.69. The topological polar surface area (TPSA) is 41.1 Å². The van der Waals surface area contributed by atoms with Crippen LogP contribution in [-0.2, 0) is 11.2 Å². The van der Waals surface area contributed by atoms with Gasteiger partial charge in [-0.25, -0.2) is 0 Å². The Hall–Kier alpha value is -1.35. The lowest BCUT2D eigenvalue weighted by Gasteiger charge is -2.29. The van der Waals surface area contributed by atoms with E-state index in [0.717, 1.165) is 19.3 Å². The summed E-state index contributed by atoms with van der Waals surface area (Å²) in [6.45, 7) is 2.09. The Morgan fingerprint density at radius 2 is 2.05 bits per heavy atom. The summed E-state index contributed by atoms with van der Waals surface area (Å²) < 4.78 is 0. The van der Waals surface area contributed by atoms with Crippen LogP contribution in [0.5, 0.6) is 0 Å². The molecule has 1 aromatic carbocycles. The first-order valence-electron chi connectivity index (χ1n) is 7.80. The number of benzene rings is 1. The van der Waals surface area contributed by atoms with Gasteiger partial charge < -0.3 is 10.6 Å². The van der Waals surface area contributed by atoms with Gasteiger partial charge in [-0.2, -0.15) is 0 Å². The molecule has 2 atom stereocenters. The van der Waals surface area contributed by atoms with Crippen molar-refractivity contribution in [1.29, 1.82) is 0 Å². The lowest BCUT2D eigenvalue weighted by molar-refractivity contribution is -0.122. The van der Waals surface area contributed by atoms with E-state index in [1.54, 1.807) is 0 Å². The Bertz CT molecular complexity index is 474. The summed E-state index contributed by atoms with van der Waals surface area (Å²) >= 11 is 0. The van der Waals surface area contributed by atoms with E-state index in [4.69, 9.17) is 0 Å². The first-order valence-corrected chi connectivity index (χ1v) is 7.80. The van der Waals surface area contributed by atoms with Crippen molar-refractivity contribution in [3.05, 3.63) is 35.4 Å². The van der Waals surface area contributed by atoms with Gasteiger partial charge in [0.25, 0.3) is 0 Å². The van der Waals surface area contributed by atoms with Crippen molar-refractivity contribution < 1.29 is 4.79 Å². The largest absolute Gasteiger partial charge is 0.353 e. The zero-order valence-corrected chi connectivity index (χ0v) is 12.2. The molecule has 2 unspecified atom stereocenters.